The Hall–Kier alpha value is -1.06. The molecule has 18 heavy (non-hydrogen) atoms. The van der Waals surface area contributed by atoms with Crippen molar-refractivity contribution < 1.29 is 4.74 Å². The Bertz CT molecular complexity index is 348. The molecule has 1 fully saturated rings. The first-order chi connectivity index (χ1) is 8.88. The van der Waals surface area contributed by atoms with Crippen molar-refractivity contribution in [1.82, 2.24) is 4.90 Å². The Morgan fingerprint density at radius 2 is 2.00 bits per heavy atom. The molecule has 0 bridgehead atoms. The molecule has 0 radical (unpaired) electrons. The third kappa shape index (κ3) is 4.31. The van der Waals surface area contributed by atoms with Gasteiger partial charge in [0.05, 0.1) is 6.61 Å². The molecule has 1 aromatic rings. The molecule has 2 rings (SSSR count). The van der Waals surface area contributed by atoms with Gasteiger partial charge in [-0.2, -0.15) is 0 Å². The number of hydrogen-bond acceptors (Lipinski definition) is 3. The van der Waals surface area contributed by atoms with Crippen LogP contribution in [0.4, 0.5) is 0 Å². The lowest BCUT2D eigenvalue weighted by Gasteiger charge is -2.15. The Kier molecular flexibility index (Phi) is 5.49. The summed E-state index contributed by atoms with van der Waals surface area (Å²) < 4.78 is 5.74. The molecule has 0 aliphatic carbocycles. The fourth-order valence-corrected chi connectivity index (χ4v) is 2.37. The first-order valence-corrected chi connectivity index (χ1v) is 7.02. The fourth-order valence-electron chi connectivity index (χ4n) is 2.37. The van der Waals surface area contributed by atoms with Crippen LogP contribution < -0.4 is 10.5 Å². The maximum absolute atomic E-state index is 5.74. The van der Waals surface area contributed by atoms with E-state index in [4.69, 9.17) is 10.5 Å². The standard InChI is InChI=1S/C15H24N2O/c16-8-1-4-11-18-15-7-5-6-14(12-15)13-17-9-2-3-10-17/h5-7,12H,1-4,8-11,13,16H2. The predicted molar refractivity (Wildman–Crippen MR) is 74.7 cm³/mol. The van der Waals surface area contributed by atoms with E-state index in [2.05, 4.69) is 23.1 Å². The molecule has 0 atom stereocenters. The molecule has 2 N–H and O–H groups in total. The van der Waals surface area contributed by atoms with Gasteiger partial charge in [-0.25, -0.2) is 0 Å². The SMILES string of the molecule is NCCCCOc1cccc(CN2CCCC2)c1. The molecule has 1 saturated heterocycles. The zero-order valence-electron chi connectivity index (χ0n) is 11.1. The van der Waals surface area contributed by atoms with E-state index in [1.807, 2.05) is 6.07 Å². The van der Waals surface area contributed by atoms with Crippen LogP contribution in [0.1, 0.15) is 31.2 Å². The van der Waals surface area contributed by atoms with E-state index in [1.165, 1.54) is 31.5 Å². The molecule has 0 aromatic heterocycles. The van der Waals surface area contributed by atoms with Gasteiger partial charge in [0.15, 0.2) is 0 Å². The van der Waals surface area contributed by atoms with Gasteiger partial charge in [-0.05, 0) is 63.0 Å². The molecule has 1 heterocycles. The highest BCUT2D eigenvalue weighted by atomic mass is 16.5. The molecule has 1 aliphatic heterocycles. The van der Waals surface area contributed by atoms with Crippen molar-refractivity contribution in [1.29, 1.82) is 0 Å². The van der Waals surface area contributed by atoms with Gasteiger partial charge in [-0.1, -0.05) is 12.1 Å². The Labute approximate surface area is 110 Å². The van der Waals surface area contributed by atoms with E-state index in [9.17, 15) is 0 Å². The smallest absolute Gasteiger partial charge is 0.119 e. The third-order valence-corrected chi connectivity index (χ3v) is 3.37. The number of likely N-dealkylation sites (tertiary alicyclic amines) is 1. The van der Waals surface area contributed by atoms with Gasteiger partial charge < -0.3 is 10.5 Å². The lowest BCUT2D eigenvalue weighted by molar-refractivity contribution is 0.304. The van der Waals surface area contributed by atoms with E-state index in [-0.39, 0.29) is 0 Å². The maximum Gasteiger partial charge on any atom is 0.119 e. The van der Waals surface area contributed by atoms with Crippen molar-refractivity contribution in [3.63, 3.8) is 0 Å². The van der Waals surface area contributed by atoms with E-state index in [1.54, 1.807) is 0 Å². The Morgan fingerprint density at radius 1 is 1.17 bits per heavy atom. The highest BCUT2D eigenvalue weighted by Crippen LogP contribution is 2.17. The van der Waals surface area contributed by atoms with Crippen molar-refractivity contribution in [2.45, 2.75) is 32.2 Å². The lowest BCUT2D eigenvalue weighted by atomic mass is 10.2. The summed E-state index contributed by atoms with van der Waals surface area (Å²) in [4.78, 5) is 2.51. The van der Waals surface area contributed by atoms with Crippen LogP contribution in [0.5, 0.6) is 5.75 Å². The summed E-state index contributed by atoms with van der Waals surface area (Å²) in [5, 5.41) is 0. The van der Waals surface area contributed by atoms with E-state index < -0.39 is 0 Å². The van der Waals surface area contributed by atoms with Crippen LogP contribution in [0.3, 0.4) is 0 Å². The molecule has 1 aliphatic rings. The predicted octanol–water partition coefficient (Wildman–Crippen LogP) is 2.40. The van der Waals surface area contributed by atoms with Crippen LogP contribution in [0.2, 0.25) is 0 Å². The van der Waals surface area contributed by atoms with Crippen molar-refractivity contribution in [3.8, 4) is 5.75 Å². The van der Waals surface area contributed by atoms with Crippen LogP contribution in [0.25, 0.3) is 0 Å². The first kappa shape index (κ1) is 13.4. The van der Waals surface area contributed by atoms with Crippen molar-refractivity contribution in [2.24, 2.45) is 5.73 Å². The molecular weight excluding hydrogens is 224 g/mol. The number of ether oxygens (including phenoxy) is 1. The second-order valence-electron chi connectivity index (χ2n) is 4.97. The molecule has 3 nitrogen and oxygen atoms in total. The average molecular weight is 248 g/mol. The van der Waals surface area contributed by atoms with Gasteiger partial charge in [0.1, 0.15) is 5.75 Å². The molecule has 3 heteroatoms. The average Bonchev–Trinajstić information content (AvgIpc) is 2.88. The summed E-state index contributed by atoms with van der Waals surface area (Å²) in [6, 6.07) is 8.48. The van der Waals surface area contributed by atoms with Crippen LogP contribution in [-0.2, 0) is 6.54 Å². The molecular formula is C15H24N2O. The van der Waals surface area contributed by atoms with Gasteiger partial charge in [-0.3, -0.25) is 4.90 Å². The summed E-state index contributed by atoms with van der Waals surface area (Å²) in [6.45, 7) is 5.05. The van der Waals surface area contributed by atoms with Crippen molar-refractivity contribution in [3.05, 3.63) is 29.8 Å². The van der Waals surface area contributed by atoms with Gasteiger partial charge in [0.2, 0.25) is 0 Å². The van der Waals surface area contributed by atoms with E-state index >= 15 is 0 Å². The molecule has 0 unspecified atom stereocenters. The molecule has 0 spiro atoms. The minimum atomic E-state index is 0.748. The number of nitrogens with two attached hydrogens (primary N) is 1. The summed E-state index contributed by atoms with van der Waals surface area (Å²) in [6.07, 6.45) is 4.75. The van der Waals surface area contributed by atoms with Crippen LogP contribution in [0.15, 0.2) is 24.3 Å². The molecule has 1 aromatic carbocycles. The van der Waals surface area contributed by atoms with Crippen LogP contribution in [0, 0.1) is 0 Å². The number of nitrogens with zero attached hydrogens (tertiary/aromatic N) is 1. The maximum atomic E-state index is 5.74. The third-order valence-electron chi connectivity index (χ3n) is 3.37. The zero-order valence-corrected chi connectivity index (χ0v) is 11.1. The minimum Gasteiger partial charge on any atom is -0.494 e. The molecule has 0 amide bonds. The van der Waals surface area contributed by atoms with Crippen LogP contribution in [-0.4, -0.2) is 31.1 Å². The zero-order chi connectivity index (χ0) is 12.6. The van der Waals surface area contributed by atoms with Gasteiger partial charge in [0, 0.05) is 6.54 Å². The second-order valence-corrected chi connectivity index (χ2v) is 4.97. The Morgan fingerprint density at radius 3 is 2.78 bits per heavy atom. The quantitative estimate of drug-likeness (QED) is 0.753. The van der Waals surface area contributed by atoms with Crippen LogP contribution >= 0.6 is 0 Å². The summed E-state index contributed by atoms with van der Waals surface area (Å²) in [7, 11) is 0. The van der Waals surface area contributed by atoms with Gasteiger partial charge >= 0.3 is 0 Å². The minimum absolute atomic E-state index is 0.748. The Balaban J connectivity index is 1.80. The van der Waals surface area contributed by atoms with E-state index in [0.717, 1.165) is 38.3 Å². The second kappa shape index (κ2) is 7.39. The number of hydrogen-bond donors (Lipinski definition) is 1. The number of rotatable bonds is 7. The molecule has 0 saturated carbocycles. The van der Waals surface area contributed by atoms with E-state index in [0.29, 0.717) is 0 Å². The monoisotopic (exact) mass is 248 g/mol. The first-order valence-electron chi connectivity index (χ1n) is 7.02. The summed E-state index contributed by atoms with van der Waals surface area (Å²) >= 11 is 0. The van der Waals surface area contributed by atoms with Crippen molar-refractivity contribution in [2.75, 3.05) is 26.2 Å². The fraction of sp³-hybridized carbons (Fsp3) is 0.600. The topological polar surface area (TPSA) is 38.5 Å². The largest absolute Gasteiger partial charge is 0.494 e. The summed E-state index contributed by atoms with van der Waals surface area (Å²) in [5.41, 5.74) is 6.82. The number of unbranched alkanes of at least 4 members (excludes halogenated alkanes) is 1. The van der Waals surface area contributed by atoms with Gasteiger partial charge in [-0.15, -0.1) is 0 Å². The van der Waals surface area contributed by atoms with Crippen molar-refractivity contribution >= 4 is 0 Å². The molecule has 100 valence electrons. The highest BCUT2D eigenvalue weighted by molar-refractivity contribution is 5.28. The van der Waals surface area contributed by atoms with Gasteiger partial charge in [0.25, 0.3) is 0 Å². The lowest BCUT2D eigenvalue weighted by Crippen LogP contribution is -2.18. The highest BCUT2D eigenvalue weighted by Gasteiger charge is 2.11. The normalized spacial score (nSPS) is 16.1. The number of benzene rings is 1. The summed E-state index contributed by atoms with van der Waals surface area (Å²) in [5.74, 6) is 0.990.